The van der Waals surface area contributed by atoms with E-state index in [9.17, 15) is 14.4 Å². The minimum absolute atomic E-state index is 0.206. The van der Waals surface area contributed by atoms with Gasteiger partial charge in [0.2, 0.25) is 0 Å². The number of carbonyl (C=O) groups excluding carboxylic acids is 2. The number of hydrogen-bond donors (Lipinski definition) is 1. The first-order chi connectivity index (χ1) is 11.9. The zero-order valence-electron chi connectivity index (χ0n) is 13.8. The fourth-order valence-electron chi connectivity index (χ4n) is 1.30. The molecule has 0 atom stereocenters. The van der Waals surface area contributed by atoms with E-state index in [1.54, 1.807) is 6.92 Å². The summed E-state index contributed by atoms with van der Waals surface area (Å²) in [5.41, 5.74) is 0.337. The van der Waals surface area contributed by atoms with Crippen molar-refractivity contribution in [1.29, 1.82) is 0 Å². The van der Waals surface area contributed by atoms with Crippen molar-refractivity contribution in [1.82, 2.24) is 0 Å². The van der Waals surface area contributed by atoms with Crippen molar-refractivity contribution >= 4 is 17.9 Å². The average molecular weight is 395 g/mol. The molecule has 0 fully saturated rings. The van der Waals surface area contributed by atoms with Crippen molar-refractivity contribution < 1.29 is 48.5 Å². The van der Waals surface area contributed by atoms with Gasteiger partial charge in [-0.25, -0.2) is 4.79 Å². The van der Waals surface area contributed by atoms with Gasteiger partial charge in [0.15, 0.2) is 0 Å². The Labute approximate surface area is 154 Å². The van der Waals surface area contributed by atoms with Crippen molar-refractivity contribution in [2.75, 3.05) is 6.61 Å². The number of carbonyl (C=O) groups is 3. The van der Waals surface area contributed by atoms with Gasteiger partial charge in [0.1, 0.15) is 5.75 Å². The van der Waals surface area contributed by atoms with Crippen LogP contribution >= 0.6 is 0 Å². The van der Waals surface area contributed by atoms with Gasteiger partial charge in [-0.05, 0) is 24.3 Å². The summed E-state index contributed by atoms with van der Waals surface area (Å²) in [6, 6.07) is 5.81. The van der Waals surface area contributed by atoms with Crippen LogP contribution in [0, 0.1) is 13.0 Å². The van der Waals surface area contributed by atoms with E-state index in [0.29, 0.717) is 12.0 Å². The van der Waals surface area contributed by atoms with Gasteiger partial charge in [-0.3, -0.25) is 16.2 Å². The first-order valence-electron chi connectivity index (χ1n) is 7.01. The predicted octanol–water partition coefficient (Wildman–Crippen LogP) is 2.71. The number of benzene rings is 1. The molecule has 0 amide bonds. The van der Waals surface area contributed by atoms with E-state index in [4.69, 9.17) is 18.4 Å². The summed E-state index contributed by atoms with van der Waals surface area (Å²) in [5.74, 6) is -1.93. The summed E-state index contributed by atoms with van der Waals surface area (Å²) < 4.78 is 17.7. The van der Waals surface area contributed by atoms with Crippen LogP contribution in [-0.4, -0.2) is 29.6 Å². The van der Waals surface area contributed by atoms with Crippen LogP contribution in [0.15, 0.2) is 30.8 Å². The van der Waals surface area contributed by atoms with E-state index in [0.717, 1.165) is 0 Å². The van der Waals surface area contributed by atoms with Crippen LogP contribution in [0.4, 0.5) is 0 Å². The number of esters is 2. The standard InChI is InChI=1S/C14H15O6.C3H5.Co.O/c1-2-9-19-14(18)10-3-5-11(6-4-10)20-13(17)8-7-12(15)16;1-3-2;;/h3-6H,1-2,7-9H2,(H,15,16);1H2,2H3;;/q2*-1;;. The van der Waals surface area contributed by atoms with Crippen molar-refractivity contribution in [3.8, 4) is 5.75 Å². The zero-order chi connectivity index (χ0) is 19.7. The van der Waals surface area contributed by atoms with Crippen molar-refractivity contribution in [3.05, 3.63) is 49.4 Å². The van der Waals surface area contributed by atoms with E-state index in [2.05, 4.69) is 35.2 Å². The van der Waals surface area contributed by atoms with E-state index >= 15 is 0 Å². The predicted molar refractivity (Wildman–Crippen MR) is 84.4 cm³/mol. The minimum atomic E-state index is -1.06. The Balaban J connectivity index is 0. The molecule has 1 aromatic rings. The number of aliphatic carboxylic acids is 1. The summed E-state index contributed by atoms with van der Waals surface area (Å²) >= 11 is 2.31. The molecule has 0 aliphatic rings. The Hall–Kier alpha value is -2.32. The fourth-order valence-corrected chi connectivity index (χ4v) is 1.30. The monoisotopic (exact) mass is 395 g/mol. The molecule has 1 rings (SSSR count). The van der Waals surface area contributed by atoms with Crippen molar-refractivity contribution in [3.63, 3.8) is 0 Å². The molecule has 0 radical (unpaired) electrons. The molecule has 141 valence electrons. The molecule has 0 aliphatic heterocycles. The number of carboxylic acids is 1. The molecule has 1 aromatic carbocycles. The third kappa shape index (κ3) is 13.8. The average Bonchev–Trinajstić information content (AvgIpc) is 2.61. The second-order valence-corrected chi connectivity index (χ2v) is 4.24. The van der Waals surface area contributed by atoms with Crippen LogP contribution in [0.25, 0.3) is 0 Å². The Morgan fingerprint density at radius 3 is 2.16 bits per heavy atom. The van der Waals surface area contributed by atoms with Gasteiger partial charge in [-0.15, -0.1) is 6.42 Å². The molecule has 0 spiro atoms. The number of hydrogen-bond acceptors (Lipinski definition) is 6. The molecule has 8 heteroatoms. The first-order valence-corrected chi connectivity index (χ1v) is 7.43. The molecule has 0 saturated carbocycles. The quantitative estimate of drug-likeness (QED) is 0.430. The molecule has 25 heavy (non-hydrogen) atoms. The number of rotatable bonds is 7. The molecule has 0 unspecified atom stereocenters. The summed E-state index contributed by atoms with van der Waals surface area (Å²) in [4.78, 5) is 33.1. The van der Waals surface area contributed by atoms with Crippen LogP contribution < -0.4 is 4.74 Å². The van der Waals surface area contributed by atoms with Crippen molar-refractivity contribution in [2.24, 2.45) is 0 Å². The molecule has 0 bridgehead atoms. The topological polar surface area (TPSA) is 107 Å². The third-order valence-corrected chi connectivity index (χ3v) is 2.24. The van der Waals surface area contributed by atoms with Gasteiger partial charge < -0.3 is 27.6 Å². The summed E-state index contributed by atoms with van der Waals surface area (Å²) in [7, 11) is 0. The van der Waals surface area contributed by atoms with Crippen LogP contribution in [0.1, 0.15) is 36.5 Å². The number of carboxylic acid groups (broad SMARTS) is 1. The Morgan fingerprint density at radius 1 is 1.20 bits per heavy atom. The van der Waals surface area contributed by atoms with Gasteiger partial charge in [0, 0.05) is 0 Å². The second kappa shape index (κ2) is 16.5. The second-order valence-electron chi connectivity index (χ2n) is 4.24. The summed E-state index contributed by atoms with van der Waals surface area (Å²) in [6.07, 6.45) is 2.50. The van der Waals surface area contributed by atoms with Crippen LogP contribution in [-0.2, 0) is 33.9 Å². The molecular weight excluding hydrogens is 375 g/mol. The normalized spacial score (nSPS) is 8.60. The number of allylic oxidation sites excluding steroid dienone is 1. The van der Waals surface area contributed by atoms with Crippen LogP contribution in [0.5, 0.6) is 5.75 Å². The van der Waals surface area contributed by atoms with E-state index in [-0.39, 0.29) is 25.2 Å². The van der Waals surface area contributed by atoms with Crippen LogP contribution in [0.3, 0.4) is 0 Å². The SMILES string of the molecule is C=[C-]C.[CH2-]CCOC(=O)c1ccc(OC(=O)CCC(=O)O)cc1.[O]=[Co]. The molecule has 1 N–H and O–H groups in total. The van der Waals surface area contributed by atoms with E-state index < -0.39 is 17.9 Å². The Kier molecular flexibility index (Phi) is 16.5. The van der Waals surface area contributed by atoms with Gasteiger partial charge in [-0.1, -0.05) is 0 Å². The summed E-state index contributed by atoms with van der Waals surface area (Å²) in [5, 5.41) is 8.43. The fraction of sp³-hybridized carbons (Fsp3) is 0.294. The summed E-state index contributed by atoms with van der Waals surface area (Å²) in [6.45, 7) is 8.79. The molecule has 0 heterocycles. The van der Waals surface area contributed by atoms with E-state index in [1.165, 1.54) is 24.3 Å². The van der Waals surface area contributed by atoms with Crippen LogP contribution in [0.2, 0.25) is 0 Å². The molecule has 0 aromatic heterocycles. The molecule has 0 saturated heterocycles. The van der Waals surface area contributed by atoms with E-state index in [1.807, 2.05) is 0 Å². The van der Waals surface area contributed by atoms with Crippen molar-refractivity contribution in [2.45, 2.75) is 26.2 Å². The Morgan fingerprint density at radius 2 is 1.72 bits per heavy atom. The maximum absolute atomic E-state index is 11.5. The first kappa shape index (κ1) is 24.9. The van der Waals surface area contributed by atoms with Gasteiger partial charge in [0.05, 0.1) is 25.0 Å². The molecule has 7 nitrogen and oxygen atoms in total. The van der Waals surface area contributed by atoms with Gasteiger partial charge in [0.25, 0.3) is 0 Å². The zero-order valence-corrected chi connectivity index (χ0v) is 14.8. The molecule has 0 aliphatic carbocycles. The molecular formula is C17H20CoO7-2. The van der Waals surface area contributed by atoms with Gasteiger partial charge >= 0.3 is 37.4 Å². The Bertz CT molecular complexity index is 540. The third-order valence-electron chi connectivity index (χ3n) is 2.24. The number of ether oxygens (including phenoxy) is 2. The maximum atomic E-state index is 11.5. The van der Waals surface area contributed by atoms with Gasteiger partial charge in [-0.2, -0.15) is 6.92 Å².